The van der Waals surface area contributed by atoms with Crippen LogP contribution < -0.4 is 16.0 Å². The molecule has 162 valence electrons. The SMILES string of the molecule is O=C(CO)Nc1c(I)c(C(=O)NCC(O)O)c(I)c(C(=O)NCC(O)CO)c1I. The number of hydrogen-bond donors (Lipinski definition) is 8. The minimum atomic E-state index is -1.78. The molecular weight excluding hydrogens is 731 g/mol. The summed E-state index contributed by atoms with van der Waals surface area (Å²) in [4.78, 5) is 37.0. The maximum absolute atomic E-state index is 12.7. The number of anilines is 1. The van der Waals surface area contributed by atoms with Gasteiger partial charge in [0.05, 0.1) is 43.2 Å². The van der Waals surface area contributed by atoms with Gasteiger partial charge in [-0.2, -0.15) is 0 Å². The van der Waals surface area contributed by atoms with Gasteiger partial charge in [0.25, 0.3) is 11.8 Å². The lowest BCUT2D eigenvalue weighted by atomic mass is 10.1. The van der Waals surface area contributed by atoms with Crippen molar-refractivity contribution in [2.24, 2.45) is 0 Å². The maximum Gasteiger partial charge on any atom is 0.253 e. The molecule has 8 N–H and O–H groups in total. The number of rotatable bonds is 9. The molecule has 0 aliphatic carbocycles. The van der Waals surface area contributed by atoms with Crippen LogP contribution in [0.5, 0.6) is 0 Å². The number of amides is 3. The Morgan fingerprint density at radius 1 is 0.828 bits per heavy atom. The molecule has 0 saturated carbocycles. The molecule has 0 fully saturated rings. The highest BCUT2D eigenvalue weighted by molar-refractivity contribution is 14.1. The maximum atomic E-state index is 12.7. The van der Waals surface area contributed by atoms with E-state index in [1.807, 2.05) is 0 Å². The minimum absolute atomic E-state index is 0.00774. The predicted octanol–water partition coefficient (Wildman–Crippen LogP) is -1.45. The monoisotopic (exact) mass is 749 g/mol. The Morgan fingerprint density at radius 3 is 1.72 bits per heavy atom. The van der Waals surface area contributed by atoms with E-state index >= 15 is 0 Å². The Balaban J connectivity index is 3.51. The summed E-state index contributed by atoms with van der Waals surface area (Å²) in [7, 11) is 0. The zero-order chi connectivity index (χ0) is 22.3. The topological polar surface area (TPSA) is 188 Å². The van der Waals surface area contributed by atoms with E-state index in [-0.39, 0.29) is 34.1 Å². The minimum Gasteiger partial charge on any atom is -0.394 e. The van der Waals surface area contributed by atoms with Crippen molar-refractivity contribution in [1.29, 1.82) is 0 Å². The fourth-order valence-corrected chi connectivity index (χ4v) is 6.40. The van der Waals surface area contributed by atoms with Crippen molar-refractivity contribution in [1.82, 2.24) is 10.6 Å². The summed E-state index contributed by atoms with van der Waals surface area (Å²) in [5, 5.41) is 52.4. The summed E-state index contributed by atoms with van der Waals surface area (Å²) >= 11 is 5.38. The van der Waals surface area contributed by atoms with Gasteiger partial charge in [-0.3, -0.25) is 14.4 Å². The largest absolute Gasteiger partial charge is 0.394 e. The van der Waals surface area contributed by atoms with E-state index in [9.17, 15) is 19.5 Å². The second-order valence-corrected chi connectivity index (χ2v) is 8.75. The zero-order valence-corrected chi connectivity index (χ0v) is 21.1. The first-order valence-electron chi connectivity index (χ1n) is 7.87. The average Bonchev–Trinajstić information content (AvgIpc) is 2.67. The number of nitrogens with one attached hydrogen (secondary N) is 3. The molecule has 14 heteroatoms. The summed E-state index contributed by atoms with van der Waals surface area (Å²) in [5.41, 5.74) is 0.154. The molecule has 0 aliphatic heterocycles. The molecule has 0 saturated heterocycles. The number of halogens is 3. The quantitative estimate of drug-likeness (QED) is 0.111. The third-order valence-electron chi connectivity index (χ3n) is 3.33. The Hall–Kier alpha value is -0.380. The van der Waals surface area contributed by atoms with Gasteiger partial charge in [-0.05, 0) is 67.8 Å². The molecule has 1 rings (SSSR count). The summed E-state index contributed by atoms with van der Waals surface area (Å²) in [6.07, 6.45) is -2.96. The van der Waals surface area contributed by atoms with Crippen molar-refractivity contribution in [3.05, 3.63) is 21.8 Å². The van der Waals surface area contributed by atoms with Crippen molar-refractivity contribution in [3.8, 4) is 0 Å². The number of carbonyl (C=O) groups excluding carboxylic acids is 3. The smallest absolute Gasteiger partial charge is 0.253 e. The van der Waals surface area contributed by atoms with E-state index in [2.05, 4.69) is 16.0 Å². The Labute approximate surface area is 206 Å². The summed E-state index contributed by atoms with van der Waals surface area (Å²) in [6, 6.07) is 0. The first kappa shape index (κ1) is 26.7. The molecule has 11 nitrogen and oxygen atoms in total. The second kappa shape index (κ2) is 12.5. The van der Waals surface area contributed by atoms with Gasteiger partial charge in [0.1, 0.15) is 6.61 Å². The van der Waals surface area contributed by atoms with Gasteiger partial charge < -0.3 is 41.5 Å². The van der Waals surface area contributed by atoms with Crippen molar-refractivity contribution >= 4 is 91.2 Å². The number of aliphatic hydroxyl groups is 5. The Bertz CT molecular complexity index is 791. The van der Waals surface area contributed by atoms with Gasteiger partial charge in [-0.15, -0.1) is 0 Å². The van der Waals surface area contributed by atoms with Crippen molar-refractivity contribution in [3.63, 3.8) is 0 Å². The molecule has 1 aromatic carbocycles. The molecule has 1 unspecified atom stereocenters. The predicted molar refractivity (Wildman–Crippen MR) is 126 cm³/mol. The van der Waals surface area contributed by atoms with Crippen LogP contribution in [0, 0.1) is 10.7 Å². The molecule has 0 heterocycles. The van der Waals surface area contributed by atoms with Crippen LogP contribution in [0.25, 0.3) is 0 Å². The van der Waals surface area contributed by atoms with E-state index in [4.69, 9.17) is 20.4 Å². The molecule has 0 spiro atoms. The first-order valence-corrected chi connectivity index (χ1v) is 11.1. The van der Waals surface area contributed by atoms with Crippen molar-refractivity contribution in [2.45, 2.75) is 12.4 Å². The van der Waals surface area contributed by atoms with Gasteiger partial charge in [-0.25, -0.2) is 0 Å². The van der Waals surface area contributed by atoms with E-state index in [0.717, 1.165) is 0 Å². The van der Waals surface area contributed by atoms with Crippen LogP contribution in [0.2, 0.25) is 0 Å². The lowest BCUT2D eigenvalue weighted by Gasteiger charge is -2.20. The lowest BCUT2D eigenvalue weighted by Crippen LogP contribution is -2.36. The molecule has 0 bridgehead atoms. The highest BCUT2D eigenvalue weighted by atomic mass is 127. The number of benzene rings is 1. The molecule has 0 aromatic heterocycles. The standard InChI is InChI=1S/C15H18I3N3O8/c16-10-8(14(28)19-1-5(24)3-22)11(17)13(21-6(25)4-23)12(18)9(10)15(29)20-2-7(26)27/h5,7,22-24,26-27H,1-4H2,(H,19,28)(H,20,29)(H,21,25). The fraction of sp³-hybridized carbons (Fsp3) is 0.400. The zero-order valence-electron chi connectivity index (χ0n) is 14.6. The van der Waals surface area contributed by atoms with E-state index in [1.54, 1.807) is 67.8 Å². The van der Waals surface area contributed by atoms with Crippen LogP contribution in [-0.4, -0.2) is 82.0 Å². The highest BCUT2D eigenvalue weighted by Crippen LogP contribution is 2.35. The molecule has 0 radical (unpaired) electrons. The summed E-state index contributed by atoms with van der Waals surface area (Å²) < 4.78 is 0.780. The third kappa shape index (κ3) is 7.36. The molecule has 1 atom stereocenters. The van der Waals surface area contributed by atoms with Gasteiger partial charge >= 0.3 is 0 Å². The lowest BCUT2D eigenvalue weighted by molar-refractivity contribution is -0.118. The van der Waals surface area contributed by atoms with Crippen LogP contribution in [-0.2, 0) is 4.79 Å². The number of hydrogen-bond acceptors (Lipinski definition) is 8. The van der Waals surface area contributed by atoms with E-state index < -0.39 is 49.9 Å². The Morgan fingerprint density at radius 2 is 1.31 bits per heavy atom. The molecule has 3 amide bonds. The van der Waals surface area contributed by atoms with Crippen molar-refractivity contribution < 1.29 is 39.9 Å². The molecule has 0 aliphatic rings. The summed E-state index contributed by atoms with van der Waals surface area (Å²) in [5.74, 6) is -2.15. The van der Waals surface area contributed by atoms with Gasteiger partial charge in [0.2, 0.25) is 5.91 Å². The number of aliphatic hydroxyl groups excluding tert-OH is 4. The van der Waals surface area contributed by atoms with E-state index in [0.29, 0.717) is 0 Å². The Kier molecular flexibility index (Phi) is 11.5. The first-order chi connectivity index (χ1) is 13.5. The molecule has 29 heavy (non-hydrogen) atoms. The summed E-state index contributed by atoms with van der Waals surface area (Å²) in [6.45, 7) is -2.08. The molecular formula is C15H18I3N3O8. The second-order valence-electron chi connectivity index (χ2n) is 5.51. The molecule has 1 aromatic rings. The van der Waals surface area contributed by atoms with Crippen LogP contribution in [0.4, 0.5) is 5.69 Å². The number of carbonyl (C=O) groups is 3. The van der Waals surface area contributed by atoms with Gasteiger partial charge in [0.15, 0.2) is 6.29 Å². The normalized spacial score (nSPS) is 11.9. The van der Waals surface area contributed by atoms with Gasteiger partial charge in [0, 0.05) is 10.1 Å². The van der Waals surface area contributed by atoms with E-state index in [1.165, 1.54) is 0 Å². The highest BCUT2D eigenvalue weighted by Gasteiger charge is 2.28. The van der Waals surface area contributed by atoms with Crippen LogP contribution in [0.15, 0.2) is 0 Å². The third-order valence-corrected chi connectivity index (χ3v) is 6.57. The van der Waals surface area contributed by atoms with Crippen LogP contribution >= 0.6 is 67.8 Å². The van der Waals surface area contributed by atoms with Gasteiger partial charge in [-0.1, -0.05) is 0 Å². The van der Waals surface area contributed by atoms with Crippen molar-refractivity contribution in [2.75, 3.05) is 31.6 Å². The van der Waals surface area contributed by atoms with Crippen LogP contribution in [0.1, 0.15) is 20.7 Å². The average molecular weight is 749 g/mol. The van der Waals surface area contributed by atoms with Crippen LogP contribution in [0.3, 0.4) is 0 Å². The fourth-order valence-electron chi connectivity index (χ4n) is 1.99.